The van der Waals surface area contributed by atoms with E-state index in [0.717, 1.165) is 50.1 Å². The number of hydrogen-bond donors (Lipinski definition) is 0. The van der Waals surface area contributed by atoms with E-state index in [0.29, 0.717) is 0 Å². The van der Waals surface area contributed by atoms with Gasteiger partial charge in [-0.2, -0.15) is 0 Å². The molecule has 0 unspecified atom stereocenters. The van der Waals surface area contributed by atoms with Crippen LogP contribution >= 0.6 is 0 Å². The smallest absolute Gasteiger partial charge is 0.133 e. The lowest BCUT2D eigenvalue weighted by atomic mass is 9.82. The van der Waals surface area contributed by atoms with E-state index < -0.39 is 0 Å². The van der Waals surface area contributed by atoms with Gasteiger partial charge in [-0.25, -0.2) is 0 Å². The van der Waals surface area contributed by atoms with Crippen LogP contribution in [-0.4, -0.2) is 47.7 Å². The lowest BCUT2D eigenvalue weighted by Crippen LogP contribution is -2.47. The maximum Gasteiger partial charge on any atom is 0.133 e. The molecule has 4 heteroatoms. The van der Waals surface area contributed by atoms with Gasteiger partial charge in [0.05, 0.1) is 5.69 Å². The number of aromatic nitrogens is 1. The summed E-state index contributed by atoms with van der Waals surface area (Å²) >= 11 is 0. The topological polar surface area (TPSA) is 32.5 Å². The zero-order valence-electron chi connectivity index (χ0n) is 14.6. The van der Waals surface area contributed by atoms with E-state index >= 15 is 0 Å². The third-order valence-corrected chi connectivity index (χ3v) is 5.50. The second kappa shape index (κ2) is 7.08. The van der Waals surface area contributed by atoms with Crippen LogP contribution in [0.4, 0.5) is 0 Å². The number of piperazine rings is 1. The van der Waals surface area contributed by atoms with Crippen LogP contribution in [0.15, 0.2) is 34.9 Å². The Morgan fingerprint density at radius 1 is 1.12 bits per heavy atom. The summed E-state index contributed by atoms with van der Waals surface area (Å²) in [7, 11) is 0. The van der Waals surface area contributed by atoms with Crippen molar-refractivity contribution >= 4 is 0 Å². The van der Waals surface area contributed by atoms with Crippen molar-refractivity contribution in [2.75, 3.05) is 32.7 Å². The zero-order valence-corrected chi connectivity index (χ0v) is 14.6. The first-order valence-electron chi connectivity index (χ1n) is 9.22. The van der Waals surface area contributed by atoms with Gasteiger partial charge in [0.15, 0.2) is 0 Å². The monoisotopic (exact) mass is 325 g/mol. The summed E-state index contributed by atoms with van der Waals surface area (Å²) in [6, 6.07) is 11.1. The van der Waals surface area contributed by atoms with Crippen molar-refractivity contribution in [3.63, 3.8) is 0 Å². The summed E-state index contributed by atoms with van der Waals surface area (Å²) in [4.78, 5) is 5.14. The third-order valence-electron chi connectivity index (χ3n) is 5.50. The summed E-state index contributed by atoms with van der Waals surface area (Å²) < 4.78 is 5.17. The zero-order chi connectivity index (χ0) is 16.4. The molecule has 0 spiro atoms. The Labute approximate surface area is 144 Å². The summed E-state index contributed by atoms with van der Waals surface area (Å²) in [5.74, 6) is 1.62. The van der Waals surface area contributed by atoms with Gasteiger partial charge in [-0.1, -0.05) is 29.4 Å². The fraction of sp³-hybridized carbons (Fsp3) is 0.550. The minimum atomic E-state index is 0.722. The number of rotatable bonds is 4. The lowest BCUT2D eigenvalue weighted by Gasteiger charge is -2.37. The normalized spacial score (nSPS) is 22.5. The van der Waals surface area contributed by atoms with Crippen molar-refractivity contribution in [3.8, 4) is 0 Å². The molecule has 4 rings (SSSR count). The molecule has 1 aromatic heterocycles. The molecule has 128 valence electrons. The number of hydrogen-bond acceptors (Lipinski definition) is 4. The van der Waals surface area contributed by atoms with E-state index in [-0.39, 0.29) is 0 Å². The van der Waals surface area contributed by atoms with Crippen molar-refractivity contribution in [1.29, 1.82) is 0 Å². The van der Waals surface area contributed by atoms with Gasteiger partial charge in [-0.15, -0.1) is 0 Å². The highest BCUT2D eigenvalue weighted by Gasteiger charge is 2.24. The number of nitrogens with zero attached hydrogens (tertiary/aromatic N) is 3. The highest BCUT2D eigenvalue weighted by atomic mass is 16.5. The summed E-state index contributed by atoms with van der Waals surface area (Å²) in [6.07, 6.45) is 3.94. The van der Waals surface area contributed by atoms with Crippen molar-refractivity contribution in [1.82, 2.24) is 15.0 Å². The molecule has 0 radical (unpaired) electrons. The highest BCUT2D eigenvalue weighted by Crippen LogP contribution is 2.32. The molecule has 1 aliphatic heterocycles. The van der Waals surface area contributed by atoms with Crippen LogP contribution in [0.25, 0.3) is 0 Å². The van der Waals surface area contributed by atoms with Crippen molar-refractivity contribution in [3.05, 3.63) is 52.9 Å². The van der Waals surface area contributed by atoms with E-state index in [9.17, 15) is 0 Å². The van der Waals surface area contributed by atoms with Crippen molar-refractivity contribution in [2.24, 2.45) is 0 Å². The first kappa shape index (κ1) is 15.9. The van der Waals surface area contributed by atoms with E-state index in [2.05, 4.69) is 39.2 Å². The average molecular weight is 325 g/mol. The Balaban J connectivity index is 1.31. The van der Waals surface area contributed by atoms with Gasteiger partial charge in [0.25, 0.3) is 0 Å². The molecule has 1 aromatic carbocycles. The minimum absolute atomic E-state index is 0.722. The Kier molecular flexibility index (Phi) is 4.67. The van der Waals surface area contributed by atoms with Crippen LogP contribution in [0, 0.1) is 6.92 Å². The highest BCUT2D eigenvalue weighted by molar-refractivity contribution is 5.32. The molecule has 2 aliphatic rings. The maximum atomic E-state index is 5.17. The average Bonchev–Trinajstić information content (AvgIpc) is 3.02. The Morgan fingerprint density at radius 3 is 2.71 bits per heavy atom. The van der Waals surface area contributed by atoms with Gasteiger partial charge in [-0.3, -0.25) is 4.90 Å². The first-order valence-corrected chi connectivity index (χ1v) is 9.22. The Morgan fingerprint density at radius 2 is 1.92 bits per heavy atom. The number of fused-ring (bicyclic) bond motifs is 1. The molecule has 2 aromatic rings. The predicted octanol–water partition coefficient (Wildman–Crippen LogP) is 3.22. The largest absolute Gasteiger partial charge is 0.361 e. The van der Waals surface area contributed by atoms with E-state index in [1.165, 1.54) is 25.8 Å². The fourth-order valence-corrected chi connectivity index (χ4v) is 4.21. The van der Waals surface area contributed by atoms with Crippen LogP contribution in [0.5, 0.6) is 0 Å². The van der Waals surface area contributed by atoms with Crippen LogP contribution in [0.2, 0.25) is 0 Å². The van der Waals surface area contributed by atoms with Gasteiger partial charge < -0.3 is 9.42 Å². The molecule has 1 saturated heterocycles. The molecule has 0 N–H and O–H groups in total. The summed E-state index contributed by atoms with van der Waals surface area (Å²) in [5, 5.41) is 4.12. The molecular weight excluding hydrogens is 298 g/mol. The molecule has 0 amide bonds. The second-order valence-electron chi connectivity index (χ2n) is 7.29. The van der Waals surface area contributed by atoms with E-state index in [4.69, 9.17) is 4.52 Å². The molecule has 0 bridgehead atoms. The molecule has 1 fully saturated rings. The molecular formula is C20H27N3O. The van der Waals surface area contributed by atoms with Crippen LogP contribution in [0.3, 0.4) is 0 Å². The number of benzene rings is 1. The number of aryl methyl sites for hydroxylation is 2. The Bertz CT molecular complexity index is 673. The molecule has 0 saturated carbocycles. The molecule has 1 atom stereocenters. The lowest BCUT2D eigenvalue weighted by molar-refractivity contribution is 0.118. The van der Waals surface area contributed by atoms with Gasteiger partial charge in [0.1, 0.15) is 5.76 Å². The molecule has 1 aliphatic carbocycles. The van der Waals surface area contributed by atoms with Crippen molar-refractivity contribution in [2.45, 2.75) is 38.6 Å². The van der Waals surface area contributed by atoms with Gasteiger partial charge in [-0.05, 0) is 43.2 Å². The van der Waals surface area contributed by atoms with Crippen LogP contribution in [-0.2, 0) is 13.0 Å². The minimum Gasteiger partial charge on any atom is -0.361 e. The predicted molar refractivity (Wildman–Crippen MR) is 95.1 cm³/mol. The summed E-state index contributed by atoms with van der Waals surface area (Å²) in [6.45, 7) is 8.66. The van der Waals surface area contributed by atoms with Gasteiger partial charge in [0.2, 0.25) is 0 Å². The van der Waals surface area contributed by atoms with Gasteiger partial charge in [0, 0.05) is 45.3 Å². The Hall–Kier alpha value is -1.65. The standard InChI is InChI=1S/C20H27N3O/c1-16-13-19(21-24-16)15-23-11-9-22(10-12-23)14-18-7-4-6-17-5-2-3-8-20(17)18/h2-3,5,8,13,18H,4,6-7,9-12,14-15H2,1H3/t18-/m1/s1. The third kappa shape index (κ3) is 3.55. The van der Waals surface area contributed by atoms with E-state index in [1.807, 2.05) is 13.0 Å². The maximum absolute atomic E-state index is 5.17. The summed E-state index contributed by atoms with van der Waals surface area (Å²) in [5.41, 5.74) is 4.24. The molecule has 2 heterocycles. The molecule has 24 heavy (non-hydrogen) atoms. The quantitative estimate of drug-likeness (QED) is 0.864. The van der Waals surface area contributed by atoms with Crippen LogP contribution < -0.4 is 0 Å². The van der Waals surface area contributed by atoms with Crippen LogP contribution in [0.1, 0.15) is 41.3 Å². The van der Waals surface area contributed by atoms with E-state index in [1.54, 1.807) is 11.1 Å². The fourth-order valence-electron chi connectivity index (χ4n) is 4.21. The van der Waals surface area contributed by atoms with Gasteiger partial charge >= 0.3 is 0 Å². The molecule has 4 nitrogen and oxygen atoms in total. The van der Waals surface area contributed by atoms with Crippen molar-refractivity contribution < 1.29 is 4.52 Å². The SMILES string of the molecule is Cc1cc(CN2CCN(C[C@H]3CCCc4ccccc43)CC2)no1. The first-order chi connectivity index (χ1) is 11.8. The second-order valence-corrected chi connectivity index (χ2v) is 7.29.